The average Bonchev–Trinajstić information content (AvgIpc) is 3.71. The van der Waals surface area contributed by atoms with Crippen LogP contribution < -0.4 is 5.32 Å². The van der Waals surface area contributed by atoms with Crippen LogP contribution in [0.25, 0.3) is 0 Å². The largest absolute Gasteiger partial charge is 0.351 e. The van der Waals surface area contributed by atoms with Crippen LogP contribution in [0.15, 0.2) is 53.8 Å². The first kappa shape index (κ1) is 25.1. The topological polar surface area (TPSA) is 56.6 Å². The summed E-state index contributed by atoms with van der Waals surface area (Å²) in [5, 5.41) is 3.31. The van der Waals surface area contributed by atoms with Crippen LogP contribution >= 0.6 is 0 Å². The number of anilines is 1. The van der Waals surface area contributed by atoms with Crippen molar-refractivity contribution in [3.8, 4) is 11.8 Å². The molecule has 2 fully saturated rings. The molecule has 6 nitrogen and oxygen atoms in total. The van der Waals surface area contributed by atoms with E-state index in [0.717, 1.165) is 66.4 Å². The van der Waals surface area contributed by atoms with Crippen molar-refractivity contribution >= 4 is 17.3 Å². The van der Waals surface area contributed by atoms with Gasteiger partial charge in [-0.15, -0.1) is 0 Å². The Bertz CT molecular complexity index is 1340. The number of hydrogen-bond donors (Lipinski definition) is 1. The summed E-state index contributed by atoms with van der Waals surface area (Å²) in [6.45, 7) is 11.8. The first-order chi connectivity index (χ1) is 17.9. The lowest BCUT2D eigenvalue weighted by Gasteiger charge is -2.32. The molecule has 37 heavy (non-hydrogen) atoms. The van der Waals surface area contributed by atoms with Gasteiger partial charge in [-0.1, -0.05) is 36.1 Å². The Kier molecular flexibility index (Phi) is 7.64. The van der Waals surface area contributed by atoms with E-state index < -0.39 is 0 Å². The highest BCUT2D eigenvalue weighted by Crippen LogP contribution is 2.24. The van der Waals surface area contributed by atoms with Crippen molar-refractivity contribution in [1.29, 1.82) is 0 Å². The predicted molar refractivity (Wildman–Crippen MR) is 152 cm³/mol. The van der Waals surface area contributed by atoms with E-state index in [-0.39, 0.29) is 0 Å². The molecule has 190 valence electrons. The van der Waals surface area contributed by atoms with Crippen molar-refractivity contribution in [3.05, 3.63) is 82.2 Å². The molecule has 0 spiro atoms. The number of benzene rings is 2. The number of nitrogens with one attached hydrogen (secondary N) is 1. The number of rotatable bonds is 6. The number of likely N-dealkylation sites (N-methyl/N-ethyl adjacent to an activating group) is 1. The number of aliphatic imine (C=N–C) groups is 1. The summed E-state index contributed by atoms with van der Waals surface area (Å²) in [5.41, 5.74) is 8.58. The SMILES string of the molecule is CC(=Nc1ccc(CN2CCN(C)CC2)cc1C)c1ccc(C)c(C#Cc2cnc(NC3CC3)nc2)c1. The maximum Gasteiger partial charge on any atom is 0.222 e. The first-order valence-electron chi connectivity index (χ1n) is 13.2. The zero-order chi connectivity index (χ0) is 25.8. The highest BCUT2D eigenvalue weighted by molar-refractivity contribution is 6.00. The molecule has 0 atom stereocenters. The van der Waals surface area contributed by atoms with Crippen molar-refractivity contribution in [3.63, 3.8) is 0 Å². The first-order valence-corrected chi connectivity index (χ1v) is 13.2. The van der Waals surface area contributed by atoms with Crippen LogP contribution in [0.2, 0.25) is 0 Å². The van der Waals surface area contributed by atoms with Gasteiger partial charge < -0.3 is 10.2 Å². The van der Waals surface area contributed by atoms with Crippen molar-refractivity contribution < 1.29 is 0 Å². The standard InChI is InChI=1S/C31H36N6/c1-22-5-8-28(18-27(22)9-6-26-19-32-31(33-20-26)35-29-10-11-29)24(3)34-30-12-7-25(17-23(30)2)21-37-15-13-36(4)14-16-37/h5,7-8,12,17-20,29H,10-11,13-16,21H2,1-4H3,(H,32,33,35). The van der Waals surface area contributed by atoms with Gasteiger partial charge in [0.2, 0.25) is 5.95 Å². The molecule has 5 rings (SSSR count). The molecule has 6 heteroatoms. The van der Waals surface area contributed by atoms with E-state index in [1.54, 1.807) is 12.4 Å². The number of hydrogen-bond acceptors (Lipinski definition) is 6. The quantitative estimate of drug-likeness (QED) is 0.390. The predicted octanol–water partition coefficient (Wildman–Crippen LogP) is 4.96. The van der Waals surface area contributed by atoms with Crippen molar-refractivity contribution in [2.75, 3.05) is 38.5 Å². The molecule has 1 saturated heterocycles. The number of aryl methyl sites for hydroxylation is 2. The second-order valence-electron chi connectivity index (χ2n) is 10.4. The number of piperazine rings is 1. The lowest BCUT2D eigenvalue weighted by Crippen LogP contribution is -2.43. The summed E-state index contributed by atoms with van der Waals surface area (Å²) >= 11 is 0. The van der Waals surface area contributed by atoms with Crippen LogP contribution in [0.3, 0.4) is 0 Å². The fraction of sp³-hybridized carbons (Fsp3) is 0.387. The lowest BCUT2D eigenvalue weighted by molar-refractivity contribution is 0.148. The molecule has 0 radical (unpaired) electrons. The summed E-state index contributed by atoms with van der Waals surface area (Å²) in [5.74, 6) is 7.21. The minimum atomic E-state index is 0.538. The summed E-state index contributed by atoms with van der Waals surface area (Å²) in [4.78, 5) is 18.7. The second kappa shape index (κ2) is 11.2. The molecule has 1 aliphatic heterocycles. The Morgan fingerprint density at radius 2 is 1.73 bits per heavy atom. The number of aromatic nitrogens is 2. The fourth-order valence-electron chi connectivity index (χ4n) is 4.45. The van der Waals surface area contributed by atoms with E-state index >= 15 is 0 Å². The molecule has 2 aliphatic rings. The normalized spacial score (nSPS) is 16.8. The highest BCUT2D eigenvalue weighted by Gasteiger charge is 2.21. The van der Waals surface area contributed by atoms with Gasteiger partial charge in [0.1, 0.15) is 0 Å². The molecule has 1 aromatic heterocycles. The number of nitrogens with zero attached hydrogens (tertiary/aromatic N) is 5. The minimum absolute atomic E-state index is 0.538. The Balaban J connectivity index is 1.28. The smallest absolute Gasteiger partial charge is 0.222 e. The molecule has 2 heterocycles. The molecular weight excluding hydrogens is 456 g/mol. The zero-order valence-electron chi connectivity index (χ0n) is 22.4. The van der Waals surface area contributed by atoms with Crippen molar-refractivity contribution in [1.82, 2.24) is 19.8 Å². The van der Waals surface area contributed by atoms with E-state index in [0.29, 0.717) is 12.0 Å². The van der Waals surface area contributed by atoms with Crippen LogP contribution in [-0.4, -0.2) is 64.7 Å². The van der Waals surface area contributed by atoms with Gasteiger partial charge in [-0.2, -0.15) is 0 Å². The van der Waals surface area contributed by atoms with Gasteiger partial charge in [0, 0.05) is 62.4 Å². The maximum absolute atomic E-state index is 4.98. The van der Waals surface area contributed by atoms with Gasteiger partial charge in [0.15, 0.2) is 0 Å². The van der Waals surface area contributed by atoms with Gasteiger partial charge in [-0.25, -0.2) is 9.97 Å². The molecule has 3 aromatic rings. The Morgan fingerprint density at radius 3 is 2.43 bits per heavy atom. The molecule has 1 N–H and O–H groups in total. The van der Waals surface area contributed by atoms with Crippen LogP contribution in [0.1, 0.15) is 53.1 Å². The van der Waals surface area contributed by atoms with Gasteiger partial charge in [0.05, 0.1) is 11.3 Å². The van der Waals surface area contributed by atoms with E-state index in [4.69, 9.17) is 4.99 Å². The second-order valence-corrected chi connectivity index (χ2v) is 10.4. The Labute approximate surface area is 220 Å². The third-order valence-corrected chi connectivity index (χ3v) is 7.11. The molecular formula is C31H36N6. The third kappa shape index (κ3) is 6.82. The maximum atomic E-state index is 4.98. The molecule has 0 bridgehead atoms. The van der Waals surface area contributed by atoms with E-state index in [1.165, 1.54) is 24.0 Å². The van der Waals surface area contributed by atoms with E-state index in [1.807, 2.05) is 0 Å². The summed E-state index contributed by atoms with van der Waals surface area (Å²) in [6.07, 6.45) is 5.97. The molecule has 0 amide bonds. The summed E-state index contributed by atoms with van der Waals surface area (Å²) in [7, 11) is 2.20. The van der Waals surface area contributed by atoms with Crippen LogP contribution in [0.4, 0.5) is 11.6 Å². The molecule has 1 aliphatic carbocycles. The fourth-order valence-corrected chi connectivity index (χ4v) is 4.45. The Hall–Kier alpha value is -3.53. The average molecular weight is 493 g/mol. The monoisotopic (exact) mass is 492 g/mol. The van der Waals surface area contributed by atoms with Gasteiger partial charge in [-0.3, -0.25) is 9.89 Å². The molecule has 0 unspecified atom stereocenters. The van der Waals surface area contributed by atoms with Crippen LogP contribution in [0, 0.1) is 25.7 Å². The molecule has 1 saturated carbocycles. The van der Waals surface area contributed by atoms with Gasteiger partial charge in [0.25, 0.3) is 0 Å². The summed E-state index contributed by atoms with van der Waals surface area (Å²) in [6, 6.07) is 13.6. The summed E-state index contributed by atoms with van der Waals surface area (Å²) < 4.78 is 0. The van der Waals surface area contributed by atoms with E-state index in [9.17, 15) is 0 Å². The van der Waals surface area contributed by atoms with Crippen molar-refractivity contribution in [2.24, 2.45) is 4.99 Å². The van der Waals surface area contributed by atoms with E-state index in [2.05, 4.69) is 101 Å². The van der Waals surface area contributed by atoms with Crippen molar-refractivity contribution in [2.45, 2.75) is 46.2 Å². The van der Waals surface area contributed by atoms with Gasteiger partial charge >= 0.3 is 0 Å². The lowest BCUT2D eigenvalue weighted by atomic mass is 10.0. The highest BCUT2D eigenvalue weighted by atomic mass is 15.2. The van der Waals surface area contributed by atoms with Gasteiger partial charge in [-0.05, 0) is 75.0 Å². The third-order valence-electron chi connectivity index (χ3n) is 7.11. The zero-order valence-corrected chi connectivity index (χ0v) is 22.4. The minimum Gasteiger partial charge on any atom is -0.351 e. The molecule has 2 aromatic carbocycles. The van der Waals surface area contributed by atoms with Crippen LogP contribution in [-0.2, 0) is 6.54 Å². The van der Waals surface area contributed by atoms with Crippen LogP contribution in [0.5, 0.6) is 0 Å². The Morgan fingerprint density at radius 1 is 0.973 bits per heavy atom.